The van der Waals surface area contributed by atoms with E-state index in [4.69, 9.17) is 4.74 Å². The smallest absolute Gasteiger partial charge is 0.343 e. The number of hydrazone groups is 1. The number of amides is 1. The monoisotopic (exact) mass is 577 g/mol. The maximum absolute atomic E-state index is 12.4. The van der Waals surface area contributed by atoms with Gasteiger partial charge in [0, 0.05) is 15.7 Å². The van der Waals surface area contributed by atoms with Gasteiger partial charge in [0.05, 0.1) is 16.7 Å². The second-order valence-corrected chi connectivity index (χ2v) is 10.3. The van der Waals surface area contributed by atoms with Crippen molar-refractivity contribution < 1.29 is 22.7 Å². The van der Waals surface area contributed by atoms with Crippen molar-refractivity contribution in [2.75, 3.05) is 4.72 Å². The molecule has 4 aromatic carbocycles. The summed E-state index contributed by atoms with van der Waals surface area (Å²) in [6.07, 6.45) is 1.45. The van der Waals surface area contributed by atoms with Crippen LogP contribution in [0.3, 0.4) is 0 Å². The molecule has 0 saturated carbocycles. The Labute approximate surface area is 222 Å². The van der Waals surface area contributed by atoms with Crippen LogP contribution in [-0.4, -0.2) is 26.5 Å². The molecule has 2 N–H and O–H groups in total. The highest BCUT2D eigenvalue weighted by molar-refractivity contribution is 9.10. The third-order valence-corrected chi connectivity index (χ3v) is 6.93. The third-order valence-electron chi connectivity index (χ3n) is 5.00. The maximum atomic E-state index is 12.4. The van der Waals surface area contributed by atoms with Gasteiger partial charge in [-0.25, -0.2) is 18.6 Å². The molecular weight excluding hydrogens is 558 g/mol. The molecule has 0 aliphatic rings. The number of ether oxygens (including phenoxy) is 1. The van der Waals surface area contributed by atoms with E-state index in [0.29, 0.717) is 28.1 Å². The van der Waals surface area contributed by atoms with E-state index in [1.165, 1.54) is 42.6 Å². The minimum absolute atomic E-state index is 0.141. The molecule has 0 spiro atoms. The zero-order valence-electron chi connectivity index (χ0n) is 19.2. The molecule has 0 unspecified atom stereocenters. The van der Waals surface area contributed by atoms with Gasteiger partial charge in [-0.1, -0.05) is 34.1 Å². The first-order valence-electron chi connectivity index (χ1n) is 10.9. The largest absolute Gasteiger partial charge is 0.423 e. The average Bonchev–Trinajstić information content (AvgIpc) is 2.90. The quantitative estimate of drug-likeness (QED) is 0.129. The number of nitrogens with one attached hydrogen (secondary N) is 2. The fraction of sp³-hybridized carbons (Fsp3) is 0. The number of nitrogens with zero attached hydrogens (tertiary/aromatic N) is 1. The van der Waals surface area contributed by atoms with Crippen LogP contribution in [0, 0.1) is 0 Å². The molecule has 0 bridgehead atoms. The molecule has 10 heteroatoms. The van der Waals surface area contributed by atoms with Gasteiger partial charge >= 0.3 is 5.97 Å². The number of benzene rings is 4. The van der Waals surface area contributed by atoms with Crippen molar-refractivity contribution in [3.63, 3.8) is 0 Å². The molecule has 8 nitrogen and oxygen atoms in total. The fourth-order valence-corrected chi connectivity index (χ4v) is 4.45. The van der Waals surface area contributed by atoms with Crippen molar-refractivity contribution in [1.29, 1.82) is 0 Å². The molecule has 186 valence electrons. The normalized spacial score (nSPS) is 11.2. The highest BCUT2D eigenvalue weighted by atomic mass is 79.9. The second-order valence-electron chi connectivity index (χ2n) is 7.66. The summed E-state index contributed by atoms with van der Waals surface area (Å²) in [5.41, 5.74) is 4.15. The summed E-state index contributed by atoms with van der Waals surface area (Å²) in [7, 11) is -3.72. The number of carbonyl (C=O) groups excluding carboxylic acids is 2. The van der Waals surface area contributed by atoms with Crippen molar-refractivity contribution in [3.8, 4) is 5.75 Å². The zero-order chi connectivity index (χ0) is 26.3. The number of sulfonamides is 1. The molecule has 0 radical (unpaired) electrons. The van der Waals surface area contributed by atoms with Gasteiger partial charge in [0.15, 0.2) is 0 Å². The minimum atomic E-state index is -3.72. The van der Waals surface area contributed by atoms with Gasteiger partial charge < -0.3 is 4.74 Å². The Morgan fingerprint density at radius 1 is 0.784 bits per heavy atom. The fourth-order valence-electron chi connectivity index (χ4n) is 3.11. The number of hydrogen-bond acceptors (Lipinski definition) is 6. The van der Waals surface area contributed by atoms with Gasteiger partial charge in [-0.15, -0.1) is 0 Å². The topological polar surface area (TPSA) is 114 Å². The van der Waals surface area contributed by atoms with Gasteiger partial charge in [-0.2, -0.15) is 5.10 Å². The zero-order valence-corrected chi connectivity index (χ0v) is 21.6. The summed E-state index contributed by atoms with van der Waals surface area (Å²) >= 11 is 3.32. The highest BCUT2D eigenvalue weighted by Crippen LogP contribution is 2.17. The standard InChI is InChI=1S/C27H20BrN3O5S/c28-22-12-8-21(9-13-22)27(33)36-24-16-6-19(7-17-24)18-29-30-26(32)20-10-14-23(15-11-20)31-37(34,35)25-4-2-1-3-5-25/h1-18,31H,(H,30,32)/b29-18-. The van der Waals surface area contributed by atoms with Crippen molar-refractivity contribution in [2.24, 2.45) is 5.10 Å². The summed E-state index contributed by atoms with van der Waals surface area (Å²) in [6.45, 7) is 0. The van der Waals surface area contributed by atoms with Crippen molar-refractivity contribution in [2.45, 2.75) is 4.90 Å². The lowest BCUT2D eigenvalue weighted by Crippen LogP contribution is -2.18. The first kappa shape index (κ1) is 25.8. The van der Waals surface area contributed by atoms with E-state index in [1.807, 2.05) is 0 Å². The summed E-state index contributed by atoms with van der Waals surface area (Å²) < 4.78 is 33.5. The van der Waals surface area contributed by atoms with E-state index in [1.54, 1.807) is 66.7 Å². The molecule has 0 fully saturated rings. The Balaban J connectivity index is 1.30. The van der Waals surface area contributed by atoms with Gasteiger partial charge in [0.25, 0.3) is 15.9 Å². The lowest BCUT2D eigenvalue weighted by Gasteiger charge is -2.08. The molecular formula is C27H20BrN3O5S. The Bertz CT molecular complexity index is 1520. The van der Waals surface area contributed by atoms with Crippen LogP contribution in [0.1, 0.15) is 26.3 Å². The Hall–Kier alpha value is -4.28. The predicted molar refractivity (Wildman–Crippen MR) is 144 cm³/mol. The van der Waals surface area contributed by atoms with Crippen LogP contribution >= 0.6 is 15.9 Å². The second kappa shape index (κ2) is 11.6. The van der Waals surface area contributed by atoms with Gasteiger partial charge in [0.1, 0.15) is 5.75 Å². The van der Waals surface area contributed by atoms with Gasteiger partial charge in [0.2, 0.25) is 0 Å². The van der Waals surface area contributed by atoms with Crippen molar-refractivity contribution >= 4 is 49.7 Å². The van der Waals surface area contributed by atoms with E-state index < -0.39 is 21.9 Å². The Kier molecular flexibility index (Phi) is 8.11. The summed E-state index contributed by atoms with van der Waals surface area (Å²) in [5.74, 6) is -0.564. The lowest BCUT2D eigenvalue weighted by atomic mass is 10.2. The first-order valence-corrected chi connectivity index (χ1v) is 13.2. The number of esters is 1. The molecule has 0 saturated heterocycles. The summed E-state index contributed by atoms with van der Waals surface area (Å²) in [6, 6.07) is 27.4. The maximum Gasteiger partial charge on any atom is 0.343 e. The average molecular weight is 578 g/mol. The molecule has 4 rings (SSSR count). The SMILES string of the molecule is O=C(N/N=C\c1ccc(OC(=O)c2ccc(Br)cc2)cc1)c1ccc(NS(=O)(=O)c2ccccc2)cc1. The number of carbonyl (C=O) groups is 2. The summed E-state index contributed by atoms with van der Waals surface area (Å²) in [4.78, 5) is 24.7. The van der Waals surface area contributed by atoms with Crippen LogP contribution in [0.2, 0.25) is 0 Å². The first-order chi connectivity index (χ1) is 17.8. The van der Waals surface area contributed by atoms with E-state index in [-0.39, 0.29) is 4.90 Å². The molecule has 0 aliphatic carbocycles. The number of halogens is 1. The summed E-state index contributed by atoms with van der Waals surface area (Å²) in [5, 5.41) is 3.94. The van der Waals surface area contributed by atoms with Crippen LogP contribution < -0.4 is 14.9 Å². The number of rotatable bonds is 8. The van der Waals surface area contributed by atoms with Gasteiger partial charge in [-0.05, 0) is 90.5 Å². The molecule has 37 heavy (non-hydrogen) atoms. The molecule has 0 aromatic heterocycles. The van der Waals surface area contributed by atoms with Crippen LogP contribution in [-0.2, 0) is 10.0 Å². The number of hydrogen-bond donors (Lipinski definition) is 2. The molecule has 0 aliphatic heterocycles. The van der Waals surface area contributed by atoms with Crippen LogP contribution in [0.4, 0.5) is 5.69 Å². The minimum Gasteiger partial charge on any atom is -0.423 e. The highest BCUT2D eigenvalue weighted by Gasteiger charge is 2.14. The molecule has 4 aromatic rings. The van der Waals surface area contributed by atoms with Crippen molar-refractivity contribution in [1.82, 2.24) is 5.43 Å². The predicted octanol–water partition coefficient (Wildman–Crippen LogP) is 5.23. The van der Waals surface area contributed by atoms with Gasteiger partial charge in [-0.3, -0.25) is 9.52 Å². The molecule has 0 atom stereocenters. The molecule has 0 heterocycles. The van der Waals surface area contributed by atoms with E-state index in [9.17, 15) is 18.0 Å². The molecule has 1 amide bonds. The van der Waals surface area contributed by atoms with Crippen LogP contribution in [0.15, 0.2) is 118 Å². The van der Waals surface area contributed by atoms with E-state index in [0.717, 1.165) is 4.47 Å². The lowest BCUT2D eigenvalue weighted by molar-refractivity contribution is 0.0734. The third kappa shape index (κ3) is 7.12. The number of anilines is 1. The van der Waals surface area contributed by atoms with E-state index in [2.05, 4.69) is 31.2 Å². The van der Waals surface area contributed by atoms with Crippen LogP contribution in [0.25, 0.3) is 0 Å². The Morgan fingerprint density at radius 2 is 1.41 bits per heavy atom. The van der Waals surface area contributed by atoms with Crippen molar-refractivity contribution in [3.05, 3.63) is 124 Å². The van der Waals surface area contributed by atoms with E-state index >= 15 is 0 Å². The van der Waals surface area contributed by atoms with Crippen LogP contribution in [0.5, 0.6) is 5.75 Å². The Morgan fingerprint density at radius 3 is 2.05 bits per heavy atom.